The van der Waals surface area contributed by atoms with Crippen molar-refractivity contribution in [1.82, 2.24) is 9.62 Å². The zero-order chi connectivity index (χ0) is 17.6. The molecule has 2 bridgehead atoms. The number of rotatable bonds is 7. The second-order valence-electron chi connectivity index (χ2n) is 7.30. The molecule has 9 heteroatoms. The average Bonchev–Trinajstić information content (AvgIpc) is 3.09. The summed E-state index contributed by atoms with van der Waals surface area (Å²) in [5.74, 6) is 0.272. The lowest BCUT2D eigenvalue weighted by Gasteiger charge is -2.29. The Balaban J connectivity index is 1.61. The van der Waals surface area contributed by atoms with Crippen molar-refractivity contribution in [3.05, 3.63) is 0 Å². The SMILES string of the molecule is CCCS(=O)(=O)NC[C@H]1[C@H]2CN(CCC(F)(F)F)C[C@]23CC[C@H]1O3. The van der Waals surface area contributed by atoms with E-state index >= 15 is 0 Å². The Morgan fingerprint density at radius 1 is 1.38 bits per heavy atom. The molecule has 0 unspecified atom stereocenters. The first-order valence-corrected chi connectivity index (χ1v) is 10.2. The first kappa shape index (κ1) is 18.4. The lowest BCUT2D eigenvalue weighted by Crippen LogP contribution is -2.42. The van der Waals surface area contributed by atoms with Crippen LogP contribution in [-0.4, -0.2) is 63.1 Å². The third-order valence-electron chi connectivity index (χ3n) is 5.58. The number of nitrogens with one attached hydrogen (secondary N) is 1. The maximum Gasteiger partial charge on any atom is 0.390 e. The van der Waals surface area contributed by atoms with Crippen molar-refractivity contribution < 1.29 is 26.3 Å². The van der Waals surface area contributed by atoms with Crippen LogP contribution in [0.2, 0.25) is 0 Å². The Kier molecular flexibility index (Phi) is 4.92. The highest BCUT2D eigenvalue weighted by Crippen LogP contribution is 2.54. The summed E-state index contributed by atoms with van der Waals surface area (Å²) in [6.45, 7) is 3.22. The van der Waals surface area contributed by atoms with Gasteiger partial charge >= 0.3 is 6.18 Å². The van der Waals surface area contributed by atoms with Gasteiger partial charge < -0.3 is 4.74 Å². The van der Waals surface area contributed by atoms with Crippen LogP contribution in [0.4, 0.5) is 13.2 Å². The number of hydrogen-bond donors (Lipinski definition) is 1. The standard InChI is InChI=1S/C15H25F3N2O3S/c1-2-7-24(21,22)19-8-11-12-9-20(6-5-15(16,17)18)10-14(12)4-3-13(11)23-14/h11-13,19H,2-10H2,1H3/t11-,12+,13+,14+/m0/s1. The van der Waals surface area contributed by atoms with Gasteiger partial charge in [-0.3, -0.25) is 4.90 Å². The summed E-state index contributed by atoms with van der Waals surface area (Å²) < 4.78 is 69.9. The molecule has 140 valence electrons. The van der Waals surface area contributed by atoms with Crippen LogP contribution in [0, 0.1) is 11.8 Å². The summed E-state index contributed by atoms with van der Waals surface area (Å²) in [4.78, 5) is 1.83. The highest BCUT2D eigenvalue weighted by Gasteiger charge is 2.62. The minimum Gasteiger partial charge on any atom is -0.370 e. The quantitative estimate of drug-likeness (QED) is 0.742. The molecule has 0 aromatic heterocycles. The van der Waals surface area contributed by atoms with Gasteiger partial charge in [-0.15, -0.1) is 0 Å². The zero-order valence-electron chi connectivity index (χ0n) is 13.8. The molecule has 0 amide bonds. The van der Waals surface area contributed by atoms with E-state index in [0.717, 1.165) is 12.8 Å². The first-order valence-electron chi connectivity index (χ1n) is 8.58. The number of hydrogen-bond acceptors (Lipinski definition) is 4. The van der Waals surface area contributed by atoms with Gasteiger partial charge in [-0.25, -0.2) is 13.1 Å². The van der Waals surface area contributed by atoms with Crippen LogP contribution in [0.15, 0.2) is 0 Å². The van der Waals surface area contributed by atoms with E-state index in [2.05, 4.69) is 4.72 Å². The van der Waals surface area contributed by atoms with Crippen LogP contribution in [0.3, 0.4) is 0 Å². The van der Waals surface area contributed by atoms with Crippen molar-refractivity contribution in [2.24, 2.45) is 11.8 Å². The summed E-state index contributed by atoms with van der Waals surface area (Å²) in [7, 11) is -3.28. The van der Waals surface area contributed by atoms with Crippen LogP contribution in [0.5, 0.6) is 0 Å². The van der Waals surface area contributed by atoms with E-state index in [0.29, 0.717) is 26.1 Å². The molecule has 1 N–H and O–H groups in total. The van der Waals surface area contributed by atoms with Crippen LogP contribution in [0.25, 0.3) is 0 Å². The van der Waals surface area contributed by atoms with Gasteiger partial charge in [0.25, 0.3) is 0 Å². The maximum atomic E-state index is 12.5. The van der Waals surface area contributed by atoms with Gasteiger partial charge in [0, 0.05) is 38.0 Å². The second kappa shape index (κ2) is 6.41. The molecule has 0 aromatic rings. The third kappa shape index (κ3) is 3.73. The molecule has 0 aromatic carbocycles. The minimum atomic E-state index is -4.15. The van der Waals surface area contributed by atoms with Gasteiger partial charge in [0.1, 0.15) is 0 Å². The van der Waals surface area contributed by atoms with Crippen LogP contribution < -0.4 is 4.72 Å². The van der Waals surface area contributed by atoms with E-state index in [9.17, 15) is 21.6 Å². The van der Waals surface area contributed by atoms with E-state index in [1.807, 2.05) is 11.8 Å². The Morgan fingerprint density at radius 2 is 2.12 bits per heavy atom. The fraction of sp³-hybridized carbons (Fsp3) is 1.00. The molecular formula is C15H25F3N2O3S. The smallest absolute Gasteiger partial charge is 0.370 e. The molecule has 5 nitrogen and oxygen atoms in total. The third-order valence-corrected chi connectivity index (χ3v) is 7.13. The number of nitrogens with zero attached hydrogens (tertiary/aromatic N) is 1. The molecule has 4 atom stereocenters. The molecule has 0 radical (unpaired) electrons. The van der Waals surface area contributed by atoms with Gasteiger partial charge in [0.15, 0.2) is 0 Å². The molecule has 3 rings (SSSR count). The number of likely N-dealkylation sites (tertiary alicyclic amines) is 1. The van der Waals surface area contributed by atoms with Crippen molar-refractivity contribution in [1.29, 1.82) is 0 Å². The van der Waals surface area contributed by atoms with Gasteiger partial charge in [-0.2, -0.15) is 13.2 Å². The van der Waals surface area contributed by atoms with Gasteiger partial charge in [-0.1, -0.05) is 6.92 Å². The van der Waals surface area contributed by atoms with E-state index in [1.54, 1.807) is 0 Å². The number of ether oxygens (including phenoxy) is 1. The van der Waals surface area contributed by atoms with Gasteiger partial charge in [-0.05, 0) is 19.3 Å². The predicted octanol–water partition coefficient (Wildman–Crippen LogP) is 1.75. The molecule has 3 aliphatic rings. The highest BCUT2D eigenvalue weighted by molar-refractivity contribution is 7.89. The Hall–Kier alpha value is -0.380. The molecule has 0 saturated carbocycles. The molecule has 1 spiro atoms. The normalized spacial score (nSPS) is 36.4. The van der Waals surface area contributed by atoms with Crippen molar-refractivity contribution in [3.8, 4) is 0 Å². The number of alkyl halides is 3. The monoisotopic (exact) mass is 370 g/mol. The predicted molar refractivity (Wildman–Crippen MR) is 83.0 cm³/mol. The maximum absolute atomic E-state index is 12.5. The van der Waals surface area contributed by atoms with Crippen LogP contribution in [0.1, 0.15) is 32.6 Å². The van der Waals surface area contributed by atoms with Crippen LogP contribution >= 0.6 is 0 Å². The van der Waals surface area contributed by atoms with E-state index in [1.165, 1.54) is 0 Å². The van der Waals surface area contributed by atoms with E-state index in [4.69, 9.17) is 4.74 Å². The summed E-state index contributed by atoms with van der Waals surface area (Å²) in [5, 5.41) is 0. The summed E-state index contributed by atoms with van der Waals surface area (Å²) in [6.07, 6.45) is -2.65. The average molecular weight is 370 g/mol. The number of halogens is 3. The first-order chi connectivity index (χ1) is 11.1. The minimum absolute atomic E-state index is 0.00986. The van der Waals surface area contributed by atoms with Gasteiger partial charge in [0.05, 0.1) is 23.9 Å². The van der Waals surface area contributed by atoms with E-state index < -0.39 is 22.6 Å². The molecule has 24 heavy (non-hydrogen) atoms. The fourth-order valence-corrected chi connectivity index (χ4v) is 5.71. The van der Waals surface area contributed by atoms with Gasteiger partial charge in [0.2, 0.25) is 10.0 Å². The van der Waals surface area contributed by atoms with Crippen molar-refractivity contribution >= 4 is 10.0 Å². The summed E-state index contributed by atoms with van der Waals surface area (Å²) in [5.41, 5.74) is -0.364. The highest BCUT2D eigenvalue weighted by atomic mass is 32.2. The molecule has 3 aliphatic heterocycles. The molecule has 3 heterocycles. The molecular weight excluding hydrogens is 345 g/mol. The largest absolute Gasteiger partial charge is 0.390 e. The molecule has 3 saturated heterocycles. The molecule has 0 aliphatic carbocycles. The lowest BCUT2D eigenvalue weighted by atomic mass is 9.74. The number of fused-ring (bicyclic) bond motifs is 1. The van der Waals surface area contributed by atoms with Crippen molar-refractivity contribution in [2.45, 2.75) is 50.5 Å². The Bertz CT molecular complexity index is 569. The number of sulfonamides is 1. The topological polar surface area (TPSA) is 58.6 Å². The molecule has 3 fully saturated rings. The fourth-order valence-electron chi connectivity index (χ4n) is 4.58. The lowest BCUT2D eigenvalue weighted by molar-refractivity contribution is -0.138. The van der Waals surface area contributed by atoms with Crippen molar-refractivity contribution in [3.63, 3.8) is 0 Å². The zero-order valence-corrected chi connectivity index (χ0v) is 14.6. The van der Waals surface area contributed by atoms with E-state index in [-0.39, 0.29) is 35.8 Å². The van der Waals surface area contributed by atoms with Crippen LogP contribution in [-0.2, 0) is 14.8 Å². The second-order valence-corrected chi connectivity index (χ2v) is 9.22. The summed E-state index contributed by atoms with van der Waals surface area (Å²) >= 11 is 0. The van der Waals surface area contributed by atoms with Crippen molar-refractivity contribution in [2.75, 3.05) is 31.9 Å². The Morgan fingerprint density at radius 3 is 2.79 bits per heavy atom. The Labute approximate surface area is 141 Å². The summed E-state index contributed by atoms with van der Waals surface area (Å²) in [6, 6.07) is 0.